The Morgan fingerprint density at radius 3 is 2.65 bits per heavy atom. The van der Waals surface area contributed by atoms with Gasteiger partial charge in [0.15, 0.2) is 5.82 Å². The molecule has 1 saturated heterocycles. The second-order valence-electron chi connectivity index (χ2n) is 5.64. The van der Waals surface area contributed by atoms with Crippen LogP contribution in [0.3, 0.4) is 0 Å². The van der Waals surface area contributed by atoms with Crippen molar-refractivity contribution in [2.24, 2.45) is 0 Å². The number of ether oxygens (including phenoxy) is 1. The fraction of sp³-hybridized carbons (Fsp3) is 0.733. The molecule has 1 saturated carbocycles. The third-order valence-corrected chi connectivity index (χ3v) is 5.26. The van der Waals surface area contributed by atoms with Crippen LogP contribution in [0.4, 0.5) is 5.82 Å². The summed E-state index contributed by atoms with van der Waals surface area (Å²) in [6, 6.07) is 0. The number of hydrogen-bond acceptors (Lipinski definition) is 4. The second-order valence-corrected chi connectivity index (χ2v) is 6.72. The first-order valence-electron chi connectivity index (χ1n) is 7.72. The van der Waals surface area contributed by atoms with Crippen molar-refractivity contribution in [3.8, 4) is 0 Å². The van der Waals surface area contributed by atoms with Gasteiger partial charge in [0.25, 0.3) is 0 Å². The lowest BCUT2D eigenvalue weighted by atomic mass is 10.0. The van der Waals surface area contributed by atoms with Crippen molar-refractivity contribution >= 4 is 28.4 Å². The van der Waals surface area contributed by atoms with Crippen LogP contribution in [0.2, 0.25) is 0 Å². The van der Waals surface area contributed by atoms with Crippen molar-refractivity contribution in [1.29, 1.82) is 0 Å². The molecule has 0 amide bonds. The van der Waals surface area contributed by atoms with E-state index in [1.54, 1.807) is 0 Å². The molecule has 5 heteroatoms. The Hall–Kier alpha value is -0.430. The lowest BCUT2D eigenvalue weighted by molar-refractivity contribution is 0.105. The molecule has 1 atom stereocenters. The van der Waals surface area contributed by atoms with Crippen molar-refractivity contribution in [1.82, 2.24) is 9.97 Å². The highest BCUT2D eigenvalue weighted by Crippen LogP contribution is 2.38. The Balaban J connectivity index is 1.97. The zero-order chi connectivity index (χ0) is 13.9. The SMILES string of the molecule is CCNc1nc(C2CCCO2)nc(C2CCCC2)c1I. The van der Waals surface area contributed by atoms with Gasteiger partial charge >= 0.3 is 0 Å². The fourth-order valence-electron chi connectivity index (χ4n) is 3.16. The largest absolute Gasteiger partial charge is 0.370 e. The van der Waals surface area contributed by atoms with Gasteiger partial charge in [-0.2, -0.15) is 0 Å². The van der Waals surface area contributed by atoms with Gasteiger partial charge in [0, 0.05) is 19.1 Å². The minimum absolute atomic E-state index is 0.101. The summed E-state index contributed by atoms with van der Waals surface area (Å²) in [4.78, 5) is 9.62. The molecule has 1 aromatic heterocycles. The minimum Gasteiger partial charge on any atom is -0.370 e. The summed E-state index contributed by atoms with van der Waals surface area (Å²) in [6.07, 6.45) is 7.47. The minimum atomic E-state index is 0.101. The average Bonchev–Trinajstić information content (AvgIpc) is 3.14. The smallest absolute Gasteiger partial charge is 0.159 e. The molecule has 2 aliphatic rings. The molecule has 2 fully saturated rings. The first kappa shape index (κ1) is 14.5. The van der Waals surface area contributed by atoms with Crippen LogP contribution >= 0.6 is 22.6 Å². The van der Waals surface area contributed by atoms with Gasteiger partial charge in [-0.05, 0) is 55.2 Å². The second kappa shape index (κ2) is 6.56. The van der Waals surface area contributed by atoms with Crippen LogP contribution in [-0.2, 0) is 4.74 Å². The lowest BCUT2D eigenvalue weighted by Crippen LogP contribution is -2.14. The van der Waals surface area contributed by atoms with E-state index in [1.165, 1.54) is 34.9 Å². The van der Waals surface area contributed by atoms with E-state index in [1.807, 2.05) is 0 Å². The average molecular weight is 387 g/mol. The molecular formula is C15H22IN3O. The summed E-state index contributed by atoms with van der Waals surface area (Å²) in [5, 5.41) is 3.39. The molecule has 4 nitrogen and oxygen atoms in total. The van der Waals surface area contributed by atoms with Gasteiger partial charge in [0.1, 0.15) is 11.9 Å². The topological polar surface area (TPSA) is 47.0 Å². The van der Waals surface area contributed by atoms with E-state index >= 15 is 0 Å². The van der Waals surface area contributed by atoms with Crippen molar-refractivity contribution in [2.45, 2.75) is 57.5 Å². The van der Waals surface area contributed by atoms with E-state index < -0.39 is 0 Å². The Morgan fingerprint density at radius 2 is 2.00 bits per heavy atom. The monoisotopic (exact) mass is 387 g/mol. The van der Waals surface area contributed by atoms with Gasteiger partial charge in [-0.15, -0.1) is 0 Å². The fourth-order valence-corrected chi connectivity index (χ4v) is 4.03. The Kier molecular flexibility index (Phi) is 4.75. The van der Waals surface area contributed by atoms with Gasteiger partial charge in [0.05, 0.1) is 9.26 Å². The van der Waals surface area contributed by atoms with Crippen LogP contribution < -0.4 is 5.32 Å². The first-order valence-corrected chi connectivity index (χ1v) is 8.80. The molecule has 20 heavy (non-hydrogen) atoms. The van der Waals surface area contributed by atoms with Crippen LogP contribution in [0.15, 0.2) is 0 Å². The maximum Gasteiger partial charge on any atom is 0.159 e. The van der Waals surface area contributed by atoms with Crippen LogP contribution in [0, 0.1) is 3.57 Å². The highest BCUT2D eigenvalue weighted by atomic mass is 127. The molecule has 1 unspecified atom stereocenters. The number of anilines is 1. The molecule has 1 aliphatic heterocycles. The molecule has 0 aromatic carbocycles. The predicted octanol–water partition coefficient (Wildman–Crippen LogP) is 4.02. The molecule has 1 N–H and O–H groups in total. The Labute approximate surface area is 134 Å². The van der Waals surface area contributed by atoms with Crippen molar-refractivity contribution in [3.63, 3.8) is 0 Å². The number of rotatable bonds is 4. The molecule has 3 rings (SSSR count). The predicted molar refractivity (Wildman–Crippen MR) is 88.0 cm³/mol. The van der Waals surface area contributed by atoms with E-state index in [4.69, 9.17) is 14.7 Å². The van der Waals surface area contributed by atoms with Gasteiger partial charge in [-0.25, -0.2) is 9.97 Å². The van der Waals surface area contributed by atoms with E-state index in [-0.39, 0.29) is 6.10 Å². The van der Waals surface area contributed by atoms with E-state index in [0.29, 0.717) is 5.92 Å². The maximum atomic E-state index is 5.77. The van der Waals surface area contributed by atoms with Gasteiger partial charge in [0.2, 0.25) is 0 Å². The molecule has 0 spiro atoms. The molecule has 2 heterocycles. The summed E-state index contributed by atoms with van der Waals surface area (Å²) >= 11 is 2.41. The third kappa shape index (κ3) is 2.93. The maximum absolute atomic E-state index is 5.77. The summed E-state index contributed by atoms with van der Waals surface area (Å²) < 4.78 is 6.98. The molecule has 1 aromatic rings. The molecular weight excluding hydrogens is 365 g/mol. The standard InChI is InChI=1S/C15H22IN3O/c1-2-17-15-12(16)13(10-6-3-4-7-10)18-14(19-15)11-8-5-9-20-11/h10-11H,2-9H2,1H3,(H,17,18,19). The number of aromatic nitrogens is 2. The van der Waals surface area contributed by atoms with Crippen molar-refractivity contribution < 1.29 is 4.74 Å². The van der Waals surface area contributed by atoms with Crippen molar-refractivity contribution in [2.75, 3.05) is 18.5 Å². The van der Waals surface area contributed by atoms with Crippen LogP contribution in [0.1, 0.15) is 69.0 Å². The number of nitrogens with one attached hydrogen (secondary N) is 1. The summed E-state index contributed by atoms with van der Waals surface area (Å²) in [5.74, 6) is 2.50. The Morgan fingerprint density at radius 1 is 1.20 bits per heavy atom. The zero-order valence-electron chi connectivity index (χ0n) is 12.0. The molecule has 110 valence electrons. The molecule has 0 bridgehead atoms. The van der Waals surface area contributed by atoms with Gasteiger partial charge < -0.3 is 10.1 Å². The van der Waals surface area contributed by atoms with E-state index in [9.17, 15) is 0 Å². The quantitative estimate of drug-likeness (QED) is 0.793. The summed E-state index contributed by atoms with van der Waals surface area (Å²) in [6.45, 7) is 3.84. The first-order chi connectivity index (χ1) is 9.79. The number of hydrogen-bond donors (Lipinski definition) is 1. The van der Waals surface area contributed by atoms with Crippen LogP contribution in [-0.4, -0.2) is 23.1 Å². The number of halogens is 1. The third-order valence-electron chi connectivity index (χ3n) is 4.20. The van der Waals surface area contributed by atoms with E-state index in [2.05, 4.69) is 34.8 Å². The van der Waals surface area contributed by atoms with Crippen LogP contribution in [0.5, 0.6) is 0 Å². The van der Waals surface area contributed by atoms with Gasteiger partial charge in [-0.1, -0.05) is 12.8 Å². The lowest BCUT2D eigenvalue weighted by Gasteiger charge is -2.18. The summed E-state index contributed by atoms with van der Waals surface area (Å²) in [5.41, 5.74) is 1.25. The van der Waals surface area contributed by atoms with Crippen LogP contribution in [0.25, 0.3) is 0 Å². The Bertz CT molecular complexity index is 468. The highest BCUT2D eigenvalue weighted by molar-refractivity contribution is 14.1. The van der Waals surface area contributed by atoms with E-state index in [0.717, 1.165) is 37.6 Å². The number of nitrogens with zero attached hydrogens (tertiary/aromatic N) is 2. The zero-order valence-corrected chi connectivity index (χ0v) is 14.1. The molecule has 1 aliphatic carbocycles. The van der Waals surface area contributed by atoms with Crippen molar-refractivity contribution in [3.05, 3.63) is 15.1 Å². The summed E-state index contributed by atoms with van der Waals surface area (Å²) in [7, 11) is 0. The molecule has 0 radical (unpaired) electrons. The highest BCUT2D eigenvalue weighted by Gasteiger charge is 2.27. The van der Waals surface area contributed by atoms with Gasteiger partial charge in [-0.3, -0.25) is 0 Å². The normalized spacial score (nSPS) is 23.4.